The summed E-state index contributed by atoms with van der Waals surface area (Å²) >= 11 is 0. The number of nitrogens with zero attached hydrogens (tertiary/aromatic N) is 3. The van der Waals surface area contributed by atoms with Crippen LogP contribution in [0.2, 0.25) is 0 Å². The van der Waals surface area contributed by atoms with Gasteiger partial charge in [-0.05, 0) is 45.1 Å². The van der Waals surface area contributed by atoms with Gasteiger partial charge in [0.2, 0.25) is 11.8 Å². The van der Waals surface area contributed by atoms with E-state index in [9.17, 15) is 9.59 Å². The number of nitrogens with one attached hydrogen (secondary N) is 2. The molecule has 1 aromatic carbocycles. The minimum atomic E-state index is -0.308. The smallest absolute Gasteiger partial charge is 0.238 e. The van der Waals surface area contributed by atoms with Crippen molar-refractivity contribution in [2.24, 2.45) is 7.05 Å². The van der Waals surface area contributed by atoms with Crippen LogP contribution in [0.4, 0.5) is 5.69 Å². The maximum Gasteiger partial charge on any atom is 0.238 e. The number of rotatable bonds is 5. The van der Waals surface area contributed by atoms with Crippen LogP contribution in [-0.2, 0) is 23.1 Å². The van der Waals surface area contributed by atoms with E-state index in [1.54, 1.807) is 10.9 Å². The van der Waals surface area contributed by atoms with E-state index in [0.29, 0.717) is 13.0 Å². The van der Waals surface area contributed by atoms with Gasteiger partial charge in [0, 0.05) is 25.6 Å². The summed E-state index contributed by atoms with van der Waals surface area (Å²) in [5, 5.41) is 10.5. The molecule has 2 saturated heterocycles. The monoisotopic (exact) mass is 409 g/mol. The molecule has 2 fully saturated rings. The molecule has 30 heavy (non-hydrogen) atoms. The molecule has 0 radical (unpaired) electrons. The first-order valence-corrected chi connectivity index (χ1v) is 10.7. The van der Waals surface area contributed by atoms with E-state index in [4.69, 9.17) is 0 Å². The maximum atomic E-state index is 13.0. The highest BCUT2D eigenvalue weighted by atomic mass is 16.2. The second-order valence-corrected chi connectivity index (χ2v) is 8.91. The van der Waals surface area contributed by atoms with Crippen molar-refractivity contribution in [3.05, 3.63) is 47.8 Å². The van der Waals surface area contributed by atoms with Gasteiger partial charge in [0.15, 0.2) is 0 Å². The normalized spacial score (nSPS) is 26.7. The third-order valence-corrected chi connectivity index (χ3v) is 6.72. The lowest BCUT2D eigenvalue weighted by Crippen LogP contribution is -2.54. The number of carbonyl (C=O) groups is 2. The van der Waals surface area contributed by atoms with Crippen LogP contribution in [0.25, 0.3) is 0 Å². The van der Waals surface area contributed by atoms with Crippen LogP contribution in [0, 0.1) is 6.92 Å². The van der Waals surface area contributed by atoms with Crippen LogP contribution in [0.3, 0.4) is 0 Å². The molecule has 4 rings (SSSR count). The number of aromatic nitrogens is 2. The molecule has 0 aliphatic carbocycles. The molecule has 3 atom stereocenters. The van der Waals surface area contributed by atoms with Crippen molar-refractivity contribution in [1.29, 1.82) is 0 Å². The molecule has 2 aliphatic rings. The van der Waals surface area contributed by atoms with Crippen LogP contribution in [0.15, 0.2) is 36.5 Å². The average Bonchev–Trinajstić information content (AvgIpc) is 3.07. The number of carbonyl (C=O) groups excluding carboxylic acids is 2. The standard InChI is InChI=1S/C23H31N5O2/c1-16-19(14-24-27(16)3)25-22(30)15-28-18(12-17-8-5-4-6-9-17)13-23(2)20(28)10-7-11-21(29)26-23/h4-6,8-9,14,18,20H,7,10-13,15H2,1-3H3,(H,25,30)(H,26,29)/t18-,20+,23+/m1/s1. The summed E-state index contributed by atoms with van der Waals surface area (Å²) in [5.74, 6) is 0.0831. The van der Waals surface area contributed by atoms with Gasteiger partial charge < -0.3 is 10.6 Å². The molecule has 1 aromatic heterocycles. The summed E-state index contributed by atoms with van der Waals surface area (Å²) in [6.45, 7) is 4.39. The van der Waals surface area contributed by atoms with E-state index < -0.39 is 0 Å². The lowest BCUT2D eigenvalue weighted by Gasteiger charge is -2.34. The zero-order chi connectivity index (χ0) is 21.3. The minimum absolute atomic E-state index is 0.0380. The molecule has 0 saturated carbocycles. The van der Waals surface area contributed by atoms with Gasteiger partial charge in [-0.3, -0.25) is 19.2 Å². The molecule has 160 valence electrons. The number of fused-ring (bicyclic) bond motifs is 1. The van der Waals surface area contributed by atoms with Crippen LogP contribution in [0.5, 0.6) is 0 Å². The molecule has 0 unspecified atom stereocenters. The van der Waals surface area contributed by atoms with Crippen molar-refractivity contribution in [3.63, 3.8) is 0 Å². The molecule has 2 aliphatic heterocycles. The van der Waals surface area contributed by atoms with E-state index in [1.807, 2.05) is 32.2 Å². The van der Waals surface area contributed by atoms with Crippen LogP contribution < -0.4 is 10.6 Å². The van der Waals surface area contributed by atoms with Crippen LogP contribution in [-0.4, -0.2) is 50.7 Å². The predicted molar refractivity (Wildman–Crippen MR) is 116 cm³/mol. The fourth-order valence-corrected chi connectivity index (χ4v) is 5.11. The van der Waals surface area contributed by atoms with Crippen LogP contribution >= 0.6 is 0 Å². The summed E-state index contributed by atoms with van der Waals surface area (Å²) in [6, 6.07) is 10.7. The number of benzene rings is 1. The topological polar surface area (TPSA) is 79.3 Å². The molecule has 2 amide bonds. The van der Waals surface area contributed by atoms with Gasteiger partial charge in [-0.25, -0.2) is 0 Å². The Morgan fingerprint density at radius 3 is 2.80 bits per heavy atom. The zero-order valence-corrected chi connectivity index (χ0v) is 18.0. The second-order valence-electron chi connectivity index (χ2n) is 8.91. The molecular weight excluding hydrogens is 378 g/mol. The van der Waals surface area contributed by atoms with Crippen molar-refractivity contribution in [3.8, 4) is 0 Å². The Morgan fingerprint density at radius 2 is 2.10 bits per heavy atom. The first kappa shape index (κ1) is 20.6. The van der Waals surface area contributed by atoms with Crippen molar-refractivity contribution in [2.75, 3.05) is 11.9 Å². The van der Waals surface area contributed by atoms with Gasteiger partial charge in [-0.15, -0.1) is 0 Å². The minimum Gasteiger partial charge on any atom is -0.349 e. The molecule has 7 nitrogen and oxygen atoms in total. The largest absolute Gasteiger partial charge is 0.349 e. The molecule has 0 bridgehead atoms. The van der Waals surface area contributed by atoms with Gasteiger partial charge in [0.25, 0.3) is 0 Å². The highest BCUT2D eigenvalue weighted by molar-refractivity contribution is 5.92. The Labute approximate surface area is 177 Å². The van der Waals surface area contributed by atoms with Crippen molar-refractivity contribution < 1.29 is 9.59 Å². The Kier molecular flexibility index (Phi) is 5.64. The molecule has 7 heteroatoms. The van der Waals surface area contributed by atoms with E-state index >= 15 is 0 Å². The summed E-state index contributed by atoms with van der Waals surface area (Å²) in [6.07, 6.45) is 5.72. The number of amides is 2. The third-order valence-electron chi connectivity index (χ3n) is 6.72. The Balaban J connectivity index is 1.56. The average molecular weight is 410 g/mol. The van der Waals surface area contributed by atoms with Gasteiger partial charge in [-0.2, -0.15) is 5.10 Å². The van der Waals surface area contributed by atoms with Gasteiger partial charge >= 0.3 is 0 Å². The lowest BCUT2D eigenvalue weighted by molar-refractivity contribution is -0.122. The van der Waals surface area contributed by atoms with Gasteiger partial charge in [-0.1, -0.05) is 30.3 Å². The number of hydrogen-bond donors (Lipinski definition) is 2. The predicted octanol–water partition coefficient (Wildman–Crippen LogP) is 2.41. The number of likely N-dealkylation sites (tertiary alicyclic amines) is 1. The third kappa shape index (κ3) is 4.12. The summed E-state index contributed by atoms with van der Waals surface area (Å²) in [7, 11) is 1.86. The lowest BCUT2D eigenvalue weighted by atomic mass is 9.89. The SMILES string of the molecule is Cc1c(NC(=O)CN2[C@H](Cc3ccccc3)C[C@]3(C)NC(=O)CCC[C@H]23)cnn1C. The van der Waals surface area contributed by atoms with Gasteiger partial charge in [0.1, 0.15) is 0 Å². The highest BCUT2D eigenvalue weighted by Crippen LogP contribution is 2.39. The Hall–Kier alpha value is -2.67. The second kappa shape index (κ2) is 8.22. The van der Waals surface area contributed by atoms with Crippen LogP contribution in [0.1, 0.15) is 43.9 Å². The zero-order valence-electron chi connectivity index (χ0n) is 18.0. The molecule has 0 spiro atoms. The van der Waals surface area contributed by atoms with Crippen molar-refractivity contribution in [2.45, 2.75) is 63.6 Å². The van der Waals surface area contributed by atoms with E-state index in [-0.39, 0.29) is 29.4 Å². The summed E-state index contributed by atoms with van der Waals surface area (Å²) in [4.78, 5) is 27.6. The Morgan fingerprint density at radius 1 is 1.33 bits per heavy atom. The first-order chi connectivity index (χ1) is 14.4. The van der Waals surface area contributed by atoms with Crippen molar-refractivity contribution >= 4 is 17.5 Å². The molecule has 2 aromatic rings. The van der Waals surface area contributed by atoms with E-state index in [2.05, 4.69) is 39.7 Å². The fraction of sp³-hybridized carbons (Fsp3) is 0.522. The summed E-state index contributed by atoms with van der Waals surface area (Å²) < 4.78 is 1.75. The quantitative estimate of drug-likeness (QED) is 0.795. The highest BCUT2D eigenvalue weighted by Gasteiger charge is 2.50. The molecular formula is C23H31N5O2. The number of aryl methyl sites for hydroxylation is 1. The first-order valence-electron chi connectivity index (χ1n) is 10.7. The van der Waals surface area contributed by atoms with Gasteiger partial charge in [0.05, 0.1) is 29.7 Å². The van der Waals surface area contributed by atoms with Crippen molar-refractivity contribution in [1.82, 2.24) is 20.0 Å². The molecule has 2 N–H and O–H groups in total. The van der Waals surface area contributed by atoms with E-state index in [1.165, 1.54) is 5.56 Å². The maximum absolute atomic E-state index is 13.0. The number of hydrogen-bond acceptors (Lipinski definition) is 4. The number of anilines is 1. The fourth-order valence-electron chi connectivity index (χ4n) is 5.11. The Bertz CT molecular complexity index is 925. The summed E-state index contributed by atoms with van der Waals surface area (Å²) in [5.41, 5.74) is 2.62. The van der Waals surface area contributed by atoms with E-state index in [0.717, 1.165) is 37.1 Å². The molecule has 3 heterocycles.